The number of sulfonamides is 1. The molecule has 1 heterocycles. The van der Waals surface area contributed by atoms with Crippen LogP contribution in [0.5, 0.6) is 0 Å². The Morgan fingerprint density at radius 2 is 1.82 bits per heavy atom. The molecular formula is C15H23N3O3S. The maximum Gasteiger partial charge on any atom is 0.252 e. The Bertz CT molecular complexity index is 607. The van der Waals surface area contributed by atoms with Crippen LogP contribution >= 0.6 is 0 Å². The minimum absolute atomic E-state index is 0.00659. The number of carbonyl (C=O) groups excluding carboxylic acids is 1. The quantitative estimate of drug-likeness (QED) is 0.853. The molecule has 0 radical (unpaired) electrons. The summed E-state index contributed by atoms with van der Waals surface area (Å²) < 4.78 is 22.4. The summed E-state index contributed by atoms with van der Waals surface area (Å²) >= 11 is 0. The van der Waals surface area contributed by atoms with Gasteiger partial charge in [-0.25, -0.2) is 13.6 Å². The molecule has 0 saturated carbocycles. The van der Waals surface area contributed by atoms with Crippen molar-refractivity contribution in [2.75, 3.05) is 13.1 Å². The van der Waals surface area contributed by atoms with Crippen molar-refractivity contribution in [3.05, 3.63) is 29.8 Å². The topological polar surface area (TPSA) is 92.5 Å². The molecule has 1 aliphatic rings. The molecule has 1 unspecified atom stereocenters. The van der Waals surface area contributed by atoms with Crippen molar-refractivity contribution < 1.29 is 13.2 Å². The van der Waals surface area contributed by atoms with Crippen molar-refractivity contribution in [2.45, 2.75) is 43.7 Å². The van der Waals surface area contributed by atoms with E-state index in [4.69, 9.17) is 5.14 Å². The van der Waals surface area contributed by atoms with Gasteiger partial charge in [0, 0.05) is 18.7 Å². The number of benzene rings is 1. The fourth-order valence-electron chi connectivity index (χ4n) is 2.71. The third-order valence-electron chi connectivity index (χ3n) is 3.96. The first kappa shape index (κ1) is 16.9. The predicted octanol–water partition coefficient (Wildman–Crippen LogP) is 1.29. The van der Waals surface area contributed by atoms with E-state index in [-0.39, 0.29) is 17.0 Å². The molecule has 0 bridgehead atoms. The number of nitrogens with two attached hydrogens (primary N) is 1. The highest BCUT2D eigenvalue weighted by molar-refractivity contribution is 7.89. The molecule has 7 heteroatoms. The molecule has 3 N–H and O–H groups in total. The van der Waals surface area contributed by atoms with Crippen molar-refractivity contribution in [2.24, 2.45) is 5.14 Å². The zero-order valence-corrected chi connectivity index (χ0v) is 13.6. The van der Waals surface area contributed by atoms with Crippen molar-refractivity contribution >= 4 is 15.9 Å². The van der Waals surface area contributed by atoms with Crippen LogP contribution in [-0.4, -0.2) is 38.5 Å². The normalized spacial score (nSPS) is 17.9. The summed E-state index contributed by atoms with van der Waals surface area (Å²) in [6.07, 6.45) is 4.42. The van der Waals surface area contributed by atoms with Gasteiger partial charge in [0.1, 0.15) is 0 Å². The van der Waals surface area contributed by atoms with E-state index in [9.17, 15) is 13.2 Å². The van der Waals surface area contributed by atoms with Gasteiger partial charge >= 0.3 is 0 Å². The van der Waals surface area contributed by atoms with E-state index in [0.717, 1.165) is 32.4 Å². The molecule has 2 rings (SSSR count). The molecule has 0 aromatic heterocycles. The lowest BCUT2D eigenvalue weighted by Gasteiger charge is -2.34. The number of nitrogens with one attached hydrogen (secondary N) is 1. The highest BCUT2D eigenvalue weighted by Crippen LogP contribution is 2.14. The summed E-state index contributed by atoms with van der Waals surface area (Å²) in [5, 5.41) is 8.06. The minimum atomic E-state index is -3.73. The molecule has 0 spiro atoms. The number of hydrogen-bond donors (Lipinski definition) is 2. The maximum absolute atomic E-state index is 12.3. The number of hydrogen-bond acceptors (Lipinski definition) is 4. The summed E-state index contributed by atoms with van der Waals surface area (Å²) in [4.78, 5) is 14.6. The Morgan fingerprint density at radius 1 is 1.23 bits per heavy atom. The van der Waals surface area contributed by atoms with Crippen LogP contribution in [0.15, 0.2) is 29.2 Å². The lowest BCUT2D eigenvalue weighted by Crippen LogP contribution is -2.49. The minimum Gasteiger partial charge on any atom is -0.337 e. The van der Waals surface area contributed by atoms with Gasteiger partial charge in [0.2, 0.25) is 10.0 Å². The van der Waals surface area contributed by atoms with Crippen LogP contribution in [-0.2, 0) is 10.0 Å². The summed E-state index contributed by atoms with van der Waals surface area (Å²) in [5.41, 5.74) is 0.433. The number of amides is 1. The van der Waals surface area contributed by atoms with Crippen LogP contribution in [0.1, 0.15) is 43.0 Å². The molecule has 122 valence electrons. The summed E-state index contributed by atoms with van der Waals surface area (Å²) in [6, 6.07) is 5.67. The lowest BCUT2D eigenvalue weighted by molar-refractivity contribution is 0.0807. The zero-order chi connectivity index (χ0) is 16.2. The molecule has 0 aliphatic carbocycles. The van der Waals surface area contributed by atoms with Crippen LogP contribution in [0.3, 0.4) is 0 Å². The third-order valence-corrected chi connectivity index (χ3v) is 4.89. The van der Waals surface area contributed by atoms with Gasteiger partial charge in [-0.05, 0) is 43.5 Å². The molecular weight excluding hydrogens is 302 g/mol. The van der Waals surface area contributed by atoms with Gasteiger partial charge in [0.15, 0.2) is 0 Å². The Morgan fingerprint density at radius 3 is 2.32 bits per heavy atom. The van der Waals surface area contributed by atoms with Gasteiger partial charge < -0.3 is 5.32 Å². The lowest BCUT2D eigenvalue weighted by atomic mass is 10.1. The van der Waals surface area contributed by atoms with E-state index < -0.39 is 10.0 Å². The molecule has 1 saturated heterocycles. The summed E-state index contributed by atoms with van der Waals surface area (Å²) in [7, 11) is -3.73. The second kappa shape index (κ2) is 7.21. The number of nitrogens with zero attached hydrogens (tertiary/aromatic N) is 1. The Hall–Kier alpha value is -1.44. The van der Waals surface area contributed by atoms with Crippen LogP contribution in [0.2, 0.25) is 0 Å². The second-order valence-electron chi connectivity index (χ2n) is 5.56. The monoisotopic (exact) mass is 325 g/mol. The molecule has 1 amide bonds. The van der Waals surface area contributed by atoms with E-state index in [1.165, 1.54) is 30.7 Å². The van der Waals surface area contributed by atoms with Crippen LogP contribution in [0.4, 0.5) is 0 Å². The van der Waals surface area contributed by atoms with Crippen LogP contribution < -0.4 is 10.5 Å². The number of piperidine rings is 1. The molecule has 1 fully saturated rings. The van der Waals surface area contributed by atoms with E-state index in [1.807, 2.05) is 6.92 Å². The highest BCUT2D eigenvalue weighted by atomic mass is 32.2. The molecule has 1 aromatic rings. The van der Waals surface area contributed by atoms with E-state index in [0.29, 0.717) is 5.56 Å². The number of primary sulfonamides is 1. The molecule has 1 aliphatic heterocycles. The first-order chi connectivity index (χ1) is 10.4. The standard InChI is InChI=1S/C15H23N3O3S/c1-2-14(18-10-4-3-5-11-18)17-15(19)12-6-8-13(9-7-12)22(16,20)21/h6-9,14H,2-5,10-11H2,1H3,(H,17,19)(H2,16,20,21). The fraction of sp³-hybridized carbons (Fsp3) is 0.533. The van der Waals surface area contributed by atoms with Crippen molar-refractivity contribution in [1.82, 2.24) is 10.2 Å². The largest absolute Gasteiger partial charge is 0.337 e. The number of carbonyl (C=O) groups is 1. The fourth-order valence-corrected chi connectivity index (χ4v) is 3.23. The first-order valence-corrected chi connectivity index (χ1v) is 9.14. The van der Waals surface area contributed by atoms with Crippen LogP contribution in [0, 0.1) is 0 Å². The average Bonchev–Trinajstić information content (AvgIpc) is 2.52. The number of likely N-dealkylation sites (tertiary alicyclic amines) is 1. The van der Waals surface area contributed by atoms with Crippen molar-refractivity contribution in [1.29, 1.82) is 0 Å². The van der Waals surface area contributed by atoms with Crippen molar-refractivity contribution in [3.8, 4) is 0 Å². The SMILES string of the molecule is CCC(NC(=O)c1ccc(S(N)(=O)=O)cc1)N1CCCCC1. The summed E-state index contributed by atoms with van der Waals surface area (Å²) in [6.45, 7) is 4.05. The Balaban J connectivity index is 2.04. The van der Waals surface area contributed by atoms with Gasteiger partial charge in [0.25, 0.3) is 5.91 Å². The van der Waals surface area contributed by atoms with E-state index >= 15 is 0 Å². The molecule has 1 atom stereocenters. The van der Waals surface area contributed by atoms with Crippen LogP contribution in [0.25, 0.3) is 0 Å². The number of rotatable bonds is 5. The van der Waals surface area contributed by atoms with Gasteiger partial charge in [-0.2, -0.15) is 0 Å². The van der Waals surface area contributed by atoms with E-state index in [1.54, 1.807) is 0 Å². The smallest absolute Gasteiger partial charge is 0.252 e. The summed E-state index contributed by atoms with van der Waals surface area (Å²) in [5.74, 6) is -0.196. The predicted molar refractivity (Wildman–Crippen MR) is 84.8 cm³/mol. The van der Waals surface area contributed by atoms with Gasteiger partial charge in [-0.1, -0.05) is 13.3 Å². The highest BCUT2D eigenvalue weighted by Gasteiger charge is 2.21. The average molecular weight is 325 g/mol. The first-order valence-electron chi connectivity index (χ1n) is 7.59. The van der Waals surface area contributed by atoms with Crippen molar-refractivity contribution in [3.63, 3.8) is 0 Å². The second-order valence-corrected chi connectivity index (χ2v) is 7.12. The third kappa shape index (κ3) is 4.28. The Kier molecular flexibility index (Phi) is 5.55. The molecule has 1 aromatic carbocycles. The zero-order valence-electron chi connectivity index (χ0n) is 12.8. The van der Waals surface area contributed by atoms with Gasteiger partial charge in [0.05, 0.1) is 11.1 Å². The van der Waals surface area contributed by atoms with Gasteiger partial charge in [-0.15, -0.1) is 0 Å². The molecule has 22 heavy (non-hydrogen) atoms. The van der Waals surface area contributed by atoms with Gasteiger partial charge in [-0.3, -0.25) is 9.69 Å². The van der Waals surface area contributed by atoms with E-state index in [2.05, 4.69) is 10.2 Å². The maximum atomic E-state index is 12.3. The Labute approximate surface area is 131 Å². The molecule has 6 nitrogen and oxygen atoms in total.